The number of nitrogens with one attached hydrogen (secondary N) is 1. The van der Waals surface area contributed by atoms with Gasteiger partial charge in [0.1, 0.15) is 24.4 Å². The van der Waals surface area contributed by atoms with Crippen molar-refractivity contribution in [1.82, 2.24) is 38.9 Å². The summed E-state index contributed by atoms with van der Waals surface area (Å²) >= 11 is 6.13. The van der Waals surface area contributed by atoms with Crippen LogP contribution in [-0.4, -0.2) is 95.1 Å². The summed E-state index contributed by atoms with van der Waals surface area (Å²) in [4.78, 5) is 58.9. The van der Waals surface area contributed by atoms with E-state index in [-0.39, 0.29) is 89.3 Å². The van der Waals surface area contributed by atoms with Gasteiger partial charge in [0, 0.05) is 49.9 Å². The lowest BCUT2D eigenvalue weighted by atomic mass is 10.1. The van der Waals surface area contributed by atoms with Crippen LogP contribution in [0.4, 0.5) is 28.9 Å². The van der Waals surface area contributed by atoms with Crippen molar-refractivity contribution in [3.05, 3.63) is 92.1 Å². The topological polar surface area (TPSA) is 154 Å². The van der Waals surface area contributed by atoms with Gasteiger partial charge in [-0.25, -0.2) is 14.4 Å². The Kier molecular flexibility index (Phi) is 11.3. The largest absolute Gasteiger partial charge is 0.504 e. The summed E-state index contributed by atoms with van der Waals surface area (Å²) in [5.74, 6) is -2.04. The summed E-state index contributed by atoms with van der Waals surface area (Å²) in [6.45, 7) is 7.85. The molecule has 1 fully saturated rings. The van der Waals surface area contributed by atoms with Crippen LogP contribution in [0.3, 0.4) is 0 Å². The van der Waals surface area contributed by atoms with Crippen LogP contribution >= 0.6 is 11.6 Å². The summed E-state index contributed by atoms with van der Waals surface area (Å²) in [6, 6.07) is 7.26. The number of fused-ring (bicyclic) bond motifs is 1. The molecule has 0 bridgehead atoms. The molecule has 14 nitrogen and oxygen atoms in total. The van der Waals surface area contributed by atoms with E-state index < -0.39 is 41.5 Å². The molecule has 1 aliphatic heterocycles. The van der Waals surface area contributed by atoms with Gasteiger partial charge >= 0.3 is 6.18 Å². The minimum atomic E-state index is -4.64. The lowest BCUT2D eigenvalue weighted by Crippen LogP contribution is -2.51. The maximum atomic E-state index is 15.4. The number of piperazine rings is 1. The monoisotopic (exact) mass is 798 g/mol. The highest BCUT2D eigenvalue weighted by atomic mass is 35.5. The molecule has 6 rings (SSSR count). The van der Waals surface area contributed by atoms with E-state index in [1.807, 2.05) is 25.8 Å². The Hall–Kier alpha value is -5.62. The van der Waals surface area contributed by atoms with Crippen molar-refractivity contribution in [3.63, 3.8) is 0 Å². The maximum absolute atomic E-state index is 15.4. The number of nitrogens with zero attached hydrogens (tertiary/aromatic N) is 9. The number of carbonyl (C=O) groups is 2. The van der Waals surface area contributed by atoms with Gasteiger partial charge in [0.25, 0.3) is 11.5 Å². The number of rotatable bonds is 10. The van der Waals surface area contributed by atoms with Crippen LogP contribution in [0.15, 0.2) is 47.5 Å². The number of hydrogen-bond acceptors (Lipinski definition) is 10. The number of benzene rings is 2. The minimum absolute atomic E-state index is 0.0132. The number of hydrogen-bond donors (Lipinski definition) is 2. The molecule has 5 aromatic rings. The Morgan fingerprint density at radius 3 is 2.41 bits per heavy atom. The molecule has 3 aromatic heterocycles. The second kappa shape index (κ2) is 15.9. The Labute approximate surface area is 323 Å². The molecule has 296 valence electrons. The molecule has 0 unspecified atom stereocenters. The number of aromatic nitrogens is 6. The zero-order valence-corrected chi connectivity index (χ0v) is 31.9. The second-order valence-corrected chi connectivity index (χ2v) is 14.1. The molecule has 4 heterocycles. The fourth-order valence-electron chi connectivity index (χ4n) is 6.35. The predicted molar refractivity (Wildman–Crippen MR) is 200 cm³/mol. The molecule has 1 saturated heterocycles. The third-order valence-corrected chi connectivity index (χ3v) is 10.0. The zero-order chi connectivity index (χ0) is 40.6. The normalized spacial score (nSPS) is 13.6. The first-order valence-electron chi connectivity index (χ1n) is 17.7. The number of amides is 2. The molecule has 2 aromatic carbocycles. The van der Waals surface area contributed by atoms with Gasteiger partial charge in [-0.1, -0.05) is 30.7 Å². The van der Waals surface area contributed by atoms with Crippen molar-refractivity contribution in [3.8, 4) is 17.1 Å². The van der Waals surface area contributed by atoms with Crippen LogP contribution in [-0.2, 0) is 30.5 Å². The molecule has 0 saturated carbocycles. The molecule has 56 heavy (non-hydrogen) atoms. The number of anilines is 2. The third kappa shape index (κ3) is 8.02. The van der Waals surface area contributed by atoms with E-state index in [9.17, 15) is 32.7 Å². The highest BCUT2D eigenvalue weighted by Crippen LogP contribution is 2.34. The Bertz CT molecular complexity index is 2370. The van der Waals surface area contributed by atoms with Gasteiger partial charge < -0.3 is 24.8 Å². The minimum Gasteiger partial charge on any atom is -0.504 e. The quantitative estimate of drug-likeness (QED) is 0.181. The Balaban J connectivity index is 1.38. The number of aryl methyl sites for hydroxylation is 1. The van der Waals surface area contributed by atoms with Crippen molar-refractivity contribution in [2.45, 2.75) is 59.4 Å². The number of aromatic hydroxyl groups is 1. The van der Waals surface area contributed by atoms with E-state index in [0.717, 1.165) is 16.6 Å². The second-order valence-electron chi connectivity index (χ2n) is 13.7. The van der Waals surface area contributed by atoms with Crippen LogP contribution < -0.4 is 15.8 Å². The summed E-state index contributed by atoms with van der Waals surface area (Å²) in [6.07, 6.45) is -3.24. The van der Waals surface area contributed by atoms with Crippen molar-refractivity contribution in [1.29, 1.82) is 0 Å². The lowest BCUT2D eigenvalue weighted by molar-refractivity contribution is -0.137. The summed E-state index contributed by atoms with van der Waals surface area (Å²) in [5, 5.41) is 17.1. The van der Waals surface area contributed by atoms with Crippen molar-refractivity contribution in [2.75, 3.05) is 43.4 Å². The molecule has 1 aliphatic rings. The average molecular weight is 799 g/mol. The molecule has 0 spiro atoms. The average Bonchev–Trinajstić information content (AvgIpc) is 3.61. The van der Waals surface area contributed by atoms with Gasteiger partial charge in [-0.15, -0.1) is 5.10 Å². The standard InChI is InChI=1S/C37H39ClF4N10O4/c1-6-28-31(49-11-13-50(14-12-49)34(55)30-32(54)21(4)43-19-44-30)35(56)52-36(46-33(47-52)22-7-8-23(26(39)15-22)17-48(5)20(2)3)51(28)18-29(53)45-27-10-9-24(16-25(27)38)37(40,41)42/h7-10,15-16,19-20,54H,6,11-14,17-18H2,1-5H3,(H,45,53). The van der Waals surface area contributed by atoms with Crippen molar-refractivity contribution < 1.29 is 32.3 Å². The number of alkyl halides is 3. The van der Waals surface area contributed by atoms with Gasteiger partial charge in [0.15, 0.2) is 17.3 Å². The highest BCUT2D eigenvalue weighted by molar-refractivity contribution is 6.33. The zero-order valence-electron chi connectivity index (χ0n) is 31.2. The first-order valence-corrected chi connectivity index (χ1v) is 18.1. The van der Waals surface area contributed by atoms with Gasteiger partial charge in [-0.2, -0.15) is 22.7 Å². The van der Waals surface area contributed by atoms with E-state index >= 15 is 4.39 Å². The van der Waals surface area contributed by atoms with Gasteiger partial charge in [-0.3, -0.25) is 19.3 Å². The molecule has 0 atom stereocenters. The first-order chi connectivity index (χ1) is 26.5. The Morgan fingerprint density at radius 2 is 1.79 bits per heavy atom. The summed E-state index contributed by atoms with van der Waals surface area (Å²) in [5.41, 5.74) is -0.218. The third-order valence-electron chi connectivity index (χ3n) is 9.74. The van der Waals surface area contributed by atoms with E-state index in [1.54, 1.807) is 30.9 Å². The number of halogens is 5. The van der Waals surface area contributed by atoms with E-state index in [0.29, 0.717) is 23.9 Å². The first kappa shape index (κ1) is 40.1. The Morgan fingerprint density at radius 1 is 1.07 bits per heavy atom. The fraction of sp³-hybridized carbons (Fsp3) is 0.378. The van der Waals surface area contributed by atoms with Crippen LogP contribution in [0.2, 0.25) is 5.02 Å². The van der Waals surface area contributed by atoms with E-state index in [2.05, 4.69) is 25.4 Å². The number of carbonyl (C=O) groups excluding carboxylic acids is 2. The lowest BCUT2D eigenvalue weighted by Gasteiger charge is -2.36. The predicted octanol–water partition coefficient (Wildman–Crippen LogP) is 5.18. The van der Waals surface area contributed by atoms with Crippen LogP contribution in [0.1, 0.15) is 53.8 Å². The molecule has 0 aliphatic carbocycles. The fourth-order valence-corrected chi connectivity index (χ4v) is 6.58. The SMILES string of the molecule is CCc1c(N2CCN(C(=O)c3ncnc(C)c3O)CC2)c(=O)n2nc(-c3ccc(CN(C)C(C)C)c(F)c3)nc2n1CC(=O)Nc1ccc(C(F)(F)F)cc1Cl. The molecule has 2 amide bonds. The smallest absolute Gasteiger partial charge is 0.416 e. The van der Waals surface area contributed by atoms with Crippen molar-refractivity contribution >= 4 is 40.6 Å². The van der Waals surface area contributed by atoms with E-state index in [4.69, 9.17) is 11.6 Å². The van der Waals surface area contributed by atoms with E-state index in [1.165, 1.54) is 21.9 Å². The summed E-state index contributed by atoms with van der Waals surface area (Å²) in [7, 11) is 1.88. The van der Waals surface area contributed by atoms with Crippen LogP contribution in [0, 0.1) is 12.7 Å². The summed E-state index contributed by atoms with van der Waals surface area (Å²) < 4.78 is 57.7. The van der Waals surface area contributed by atoms with Crippen molar-refractivity contribution in [2.24, 2.45) is 0 Å². The maximum Gasteiger partial charge on any atom is 0.416 e. The van der Waals surface area contributed by atoms with Gasteiger partial charge in [-0.05, 0) is 58.5 Å². The van der Waals surface area contributed by atoms with Crippen LogP contribution in [0.5, 0.6) is 5.75 Å². The molecular formula is C37H39ClF4N10O4. The molecule has 0 radical (unpaired) electrons. The molecule has 2 N–H and O–H groups in total. The van der Waals surface area contributed by atoms with Gasteiger partial charge in [0.05, 0.1) is 27.7 Å². The molecule has 19 heteroatoms. The van der Waals surface area contributed by atoms with Crippen LogP contribution in [0.25, 0.3) is 17.2 Å². The van der Waals surface area contributed by atoms with Gasteiger partial charge in [0.2, 0.25) is 11.7 Å². The highest BCUT2D eigenvalue weighted by Gasteiger charge is 2.32. The molecular weight excluding hydrogens is 760 g/mol.